The highest BCUT2D eigenvalue weighted by molar-refractivity contribution is 5.94. The standard InChI is InChI=1S/C14H23N3O/c1-5-10(3)16-13-7-12(8-15-9-13)14(18)17-11(4)6-2/h7-11,16H,5-6H2,1-4H3,(H,17,18). The van der Waals surface area contributed by atoms with E-state index in [-0.39, 0.29) is 11.9 Å². The Bertz CT molecular complexity index is 392. The molecule has 4 nitrogen and oxygen atoms in total. The molecule has 0 aromatic carbocycles. The van der Waals surface area contributed by atoms with E-state index in [1.165, 1.54) is 0 Å². The third-order valence-corrected chi connectivity index (χ3v) is 3.02. The number of aromatic nitrogens is 1. The second-order valence-corrected chi connectivity index (χ2v) is 4.70. The monoisotopic (exact) mass is 249 g/mol. The van der Waals surface area contributed by atoms with E-state index in [0.29, 0.717) is 11.6 Å². The van der Waals surface area contributed by atoms with Gasteiger partial charge in [0.25, 0.3) is 5.91 Å². The molecule has 2 N–H and O–H groups in total. The molecule has 1 heterocycles. The summed E-state index contributed by atoms with van der Waals surface area (Å²) in [6, 6.07) is 2.40. The first kappa shape index (κ1) is 14.5. The van der Waals surface area contributed by atoms with Crippen molar-refractivity contribution in [1.29, 1.82) is 0 Å². The Balaban J connectivity index is 2.72. The van der Waals surface area contributed by atoms with E-state index in [0.717, 1.165) is 18.5 Å². The van der Waals surface area contributed by atoms with Crippen molar-refractivity contribution in [3.05, 3.63) is 24.0 Å². The summed E-state index contributed by atoms with van der Waals surface area (Å²) in [4.78, 5) is 16.0. The Labute approximate surface area is 109 Å². The third-order valence-electron chi connectivity index (χ3n) is 3.02. The summed E-state index contributed by atoms with van der Waals surface area (Å²) >= 11 is 0. The highest BCUT2D eigenvalue weighted by Gasteiger charge is 2.10. The van der Waals surface area contributed by atoms with Gasteiger partial charge in [-0.05, 0) is 32.8 Å². The van der Waals surface area contributed by atoms with Crippen molar-refractivity contribution in [3.8, 4) is 0 Å². The van der Waals surface area contributed by atoms with Gasteiger partial charge in [-0.3, -0.25) is 9.78 Å². The van der Waals surface area contributed by atoms with Gasteiger partial charge in [0.05, 0.1) is 11.3 Å². The van der Waals surface area contributed by atoms with Crippen molar-refractivity contribution in [2.75, 3.05) is 5.32 Å². The van der Waals surface area contributed by atoms with E-state index >= 15 is 0 Å². The molecular weight excluding hydrogens is 226 g/mol. The van der Waals surface area contributed by atoms with Gasteiger partial charge in [-0.15, -0.1) is 0 Å². The number of carbonyl (C=O) groups excluding carboxylic acids is 1. The molecule has 0 aliphatic heterocycles. The van der Waals surface area contributed by atoms with Gasteiger partial charge >= 0.3 is 0 Å². The lowest BCUT2D eigenvalue weighted by molar-refractivity contribution is 0.0939. The Hall–Kier alpha value is -1.58. The lowest BCUT2D eigenvalue weighted by Crippen LogP contribution is -2.32. The summed E-state index contributed by atoms with van der Waals surface area (Å²) in [5.74, 6) is -0.0651. The largest absolute Gasteiger partial charge is 0.381 e. The van der Waals surface area contributed by atoms with Crippen LogP contribution in [0.5, 0.6) is 0 Å². The zero-order valence-corrected chi connectivity index (χ0v) is 11.7. The quantitative estimate of drug-likeness (QED) is 0.815. The van der Waals surface area contributed by atoms with Crippen LogP contribution in [0.15, 0.2) is 18.5 Å². The zero-order valence-electron chi connectivity index (χ0n) is 11.7. The van der Waals surface area contributed by atoms with Gasteiger partial charge in [0.15, 0.2) is 0 Å². The normalized spacial score (nSPS) is 13.8. The second kappa shape index (κ2) is 6.99. The Morgan fingerprint density at radius 1 is 1.22 bits per heavy atom. The fraction of sp³-hybridized carbons (Fsp3) is 0.571. The first-order valence-corrected chi connectivity index (χ1v) is 6.59. The van der Waals surface area contributed by atoms with Crippen LogP contribution in [0.2, 0.25) is 0 Å². The molecule has 1 aromatic heterocycles. The van der Waals surface area contributed by atoms with E-state index in [1.54, 1.807) is 12.4 Å². The summed E-state index contributed by atoms with van der Waals surface area (Å²) < 4.78 is 0. The van der Waals surface area contributed by atoms with Gasteiger partial charge in [0, 0.05) is 24.5 Å². The fourth-order valence-electron chi connectivity index (χ4n) is 1.44. The van der Waals surface area contributed by atoms with Gasteiger partial charge in [0.2, 0.25) is 0 Å². The lowest BCUT2D eigenvalue weighted by Gasteiger charge is -2.14. The molecule has 1 aromatic rings. The van der Waals surface area contributed by atoms with Crippen LogP contribution >= 0.6 is 0 Å². The van der Waals surface area contributed by atoms with Gasteiger partial charge < -0.3 is 10.6 Å². The Kier molecular flexibility index (Phi) is 5.62. The minimum absolute atomic E-state index is 0.0651. The zero-order chi connectivity index (χ0) is 13.5. The number of amides is 1. The van der Waals surface area contributed by atoms with Crippen LogP contribution < -0.4 is 10.6 Å². The van der Waals surface area contributed by atoms with Gasteiger partial charge in [-0.25, -0.2) is 0 Å². The van der Waals surface area contributed by atoms with Crippen molar-refractivity contribution in [2.45, 2.75) is 52.6 Å². The van der Waals surface area contributed by atoms with Crippen molar-refractivity contribution in [1.82, 2.24) is 10.3 Å². The molecule has 0 aliphatic rings. The number of rotatable bonds is 6. The summed E-state index contributed by atoms with van der Waals surface area (Å²) in [7, 11) is 0. The van der Waals surface area contributed by atoms with Crippen LogP contribution in [0, 0.1) is 0 Å². The molecular formula is C14H23N3O. The first-order chi connectivity index (χ1) is 8.56. The molecule has 0 fully saturated rings. The maximum Gasteiger partial charge on any atom is 0.253 e. The molecule has 0 spiro atoms. The molecule has 0 saturated carbocycles. The number of hydrogen-bond donors (Lipinski definition) is 2. The Morgan fingerprint density at radius 3 is 2.50 bits per heavy atom. The first-order valence-electron chi connectivity index (χ1n) is 6.59. The van der Waals surface area contributed by atoms with Crippen LogP contribution in [0.3, 0.4) is 0 Å². The van der Waals surface area contributed by atoms with Crippen LogP contribution in [0.25, 0.3) is 0 Å². The van der Waals surface area contributed by atoms with E-state index in [9.17, 15) is 4.79 Å². The van der Waals surface area contributed by atoms with Crippen LogP contribution in [0.4, 0.5) is 5.69 Å². The summed E-state index contributed by atoms with van der Waals surface area (Å²) in [6.45, 7) is 8.26. The van der Waals surface area contributed by atoms with Crippen molar-refractivity contribution >= 4 is 11.6 Å². The summed E-state index contributed by atoms with van der Waals surface area (Å²) in [5.41, 5.74) is 1.49. The van der Waals surface area contributed by atoms with Crippen LogP contribution in [-0.2, 0) is 0 Å². The molecule has 4 heteroatoms. The van der Waals surface area contributed by atoms with Crippen LogP contribution in [0.1, 0.15) is 50.9 Å². The number of nitrogens with one attached hydrogen (secondary N) is 2. The van der Waals surface area contributed by atoms with Gasteiger partial charge in [0.1, 0.15) is 0 Å². The molecule has 2 atom stereocenters. The van der Waals surface area contributed by atoms with Gasteiger partial charge in [-0.2, -0.15) is 0 Å². The highest BCUT2D eigenvalue weighted by atomic mass is 16.1. The molecule has 0 saturated heterocycles. The predicted octanol–water partition coefficient (Wildman–Crippen LogP) is 2.82. The molecule has 1 rings (SSSR count). The highest BCUT2D eigenvalue weighted by Crippen LogP contribution is 2.11. The van der Waals surface area contributed by atoms with E-state index in [1.807, 2.05) is 19.9 Å². The fourth-order valence-corrected chi connectivity index (χ4v) is 1.44. The molecule has 0 bridgehead atoms. The van der Waals surface area contributed by atoms with Crippen LogP contribution in [-0.4, -0.2) is 23.0 Å². The average Bonchev–Trinajstić information content (AvgIpc) is 2.38. The van der Waals surface area contributed by atoms with E-state index < -0.39 is 0 Å². The SMILES string of the molecule is CCC(C)NC(=O)c1cncc(NC(C)CC)c1. The maximum atomic E-state index is 11.9. The molecule has 18 heavy (non-hydrogen) atoms. The molecule has 0 radical (unpaired) electrons. The van der Waals surface area contributed by atoms with Gasteiger partial charge in [-0.1, -0.05) is 13.8 Å². The number of pyridine rings is 1. The number of carbonyl (C=O) groups is 1. The van der Waals surface area contributed by atoms with E-state index in [2.05, 4.69) is 29.5 Å². The third kappa shape index (κ3) is 4.35. The van der Waals surface area contributed by atoms with Crippen molar-refractivity contribution in [3.63, 3.8) is 0 Å². The number of anilines is 1. The smallest absolute Gasteiger partial charge is 0.253 e. The maximum absolute atomic E-state index is 11.9. The topological polar surface area (TPSA) is 54.0 Å². The predicted molar refractivity (Wildman–Crippen MR) is 74.8 cm³/mol. The molecule has 1 amide bonds. The molecule has 100 valence electrons. The average molecular weight is 249 g/mol. The molecule has 2 unspecified atom stereocenters. The summed E-state index contributed by atoms with van der Waals surface area (Å²) in [5, 5.41) is 6.25. The second-order valence-electron chi connectivity index (χ2n) is 4.70. The van der Waals surface area contributed by atoms with Crippen molar-refractivity contribution in [2.24, 2.45) is 0 Å². The molecule has 0 aliphatic carbocycles. The Morgan fingerprint density at radius 2 is 1.89 bits per heavy atom. The number of nitrogens with zero attached hydrogens (tertiary/aromatic N) is 1. The minimum atomic E-state index is -0.0651. The van der Waals surface area contributed by atoms with E-state index in [4.69, 9.17) is 0 Å². The number of hydrogen-bond acceptors (Lipinski definition) is 3. The minimum Gasteiger partial charge on any atom is -0.381 e. The van der Waals surface area contributed by atoms with Crippen molar-refractivity contribution < 1.29 is 4.79 Å². The summed E-state index contributed by atoms with van der Waals surface area (Å²) in [6.07, 6.45) is 5.29. The lowest BCUT2D eigenvalue weighted by atomic mass is 10.2.